The molecule has 0 bridgehead atoms. The van der Waals surface area contributed by atoms with Gasteiger partial charge in [0.25, 0.3) is 0 Å². The molecule has 5 nitrogen and oxygen atoms in total. The van der Waals surface area contributed by atoms with Crippen LogP contribution in [0.1, 0.15) is 18.4 Å². The van der Waals surface area contributed by atoms with E-state index in [0.29, 0.717) is 18.4 Å². The predicted octanol–water partition coefficient (Wildman–Crippen LogP) is 1.74. The number of benzene rings is 1. The molecule has 0 radical (unpaired) electrons. The number of halogens is 3. The number of hydrogen-bond acceptors (Lipinski definition) is 4. The number of nitrogens with one attached hydrogen (secondary N) is 1. The Bertz CT molecular complexity index is 557. The fraction of sp³-hybridized carbons (Fsp3) is 0.500. The van der Waals surface area contributed by atoms with Crippen LogP contribution in [0, 0.1) is 0 Å². The van der Waals surface area contributed by atoms with Crippen LogP contribution in [0.3, 0.4) is 0 Å². The Morgan fingerprint density at radius 3 is 2.59 bits per heavy atom. The van der Waals surface area contributed by atoms with Gasteiger partial charge in [-0.1, -0.05) is 6.07 Å². The fourth-order valence-corrected chi connectivity index (χ4v) is 1.82. The van der Waals surface area contributed by atoms with Crippen molar-refractivity contribution in [3.8, 4) is 11.5 Å². The first kappa shape index (κ1) is 16.4. The van der Waals surface area contributed by atoms with Gasteiger partial charge >= 0.3 is 6.18 Å². The highest BCUT2D eigenvalue weighted by molar-refractivity contribution is 5.88. The summed E-state index contributed by atoms with van der Waals surface area (Å²) in [6.07, 6.45) is -3.10. The molecule has 0 heterocycles. The molecule has 22 heavy (non-hydrogen) atoms. The zero-order valence-electron chi connectivity index (χ0n) is 12.0. The van der Waals surface area contributed by atoms with E-state index in [1.165, 1.54) is 19.2 Å². The Morgan fingerprint density at radius 1 is 1.36 bits per heavy atom. The molecule has 1 saturated carbocycles. The lowest BCUT2D eigenvalue weighted by atomic mass is 10.2. The van der Waals surface area contributed by atoms with Gasteiger partial charge in [-0.25, -0.2) is 0 Å². The molecule has 1 fully saturated rings. The quantitative estimate of drug-likeness (QED) is 0.838. The summed E-state index contributed by atoms with van der Waals surface area (Å²) in [6.45, 7) is -1.18. The summed E-state index contributed by atoms with van der Waals surface area (Å²) in [6, 6.07) is 4.45. The van der Waals surface area contributed by atoms with E-state index in [-0.39, 0.29) is 24.0 Å². The van der Waals surface area contributed by atoms with Crippen LogP contribution in [0.25, 0.3) is 0 Å². The number of nitrogens with two attached hydrogens (primary N) is 1. The molecule has 1 amide bonds. The number of amides is 1. The first-order valence-corrected chi connectivity index (χ1v) is 6.67. The highest BCUT2D eigenvalue weighted by Crippen LogP contribution is 2.33. The summed E-state index contributed by atoms with van der Waals surface area (Å²) in [7, 11) is 1.33. The number of hydrogen-bond donors (Lipinski definition) is 2. The molecule has 2 rings (SSSR count). The maximum absolute atomic E-state index is 12.2. The molecule has 0 aliphatic heterocycles. The van der Waals surface area contributed by atoms with Gasteiger partial charge < -0.3 is 20.5 Å². The standard InChI is InChI=1S/C14H17F3N2O3/c1-21-11-6-9(7-19-12(20)13(18)4-5-13)2-3-10(11)22-8-14(15,16)17/h2-3,6H,4-5,7-8,18H2,1H3,(H,19,20). The van der Waals surface area contributed by atoms with Crippen molar-refractivity contribution in [1.29, 1.82) is 0 Å². The van der Waals surface area contributed by atoms with Crippen molar-refractivity contribution in [3.63, 3.8) is 0 Å². The highest BCUT2D eigenvalue weighted by atomic mass is 19.4. The van der Waals surface area contributed by atoms with Gasteiger partial charge in [0.15, 0.2) is 18.1 Å². The molecule has 0 spiro atoms. The zero-order chi connectivity index (χ0) is 16.4. The van der Waals surface area contributed by atoms with Crippen molar-refractivity contribution in [1.82, 2.24) is 5.32 Å². The van der Waals surface area contributed by atoms with Gasteiger partial charge in [0.2, 0.25) is 5.91 Å². The van der Waals surface area contributed by atoms with Gasteiger partial charge in [0, 0.05) is 6.54 Å². The van der Waals surface area contributed by atoms with Crippen LogP contribution in [-0.4, -0.2) is 31.3 Å². The molecule has 3 N–H and O–H groups in total. The first-order valence-electron chi connectivity index (χ1n) is 6.67. The SMILES string of the molecule is COc1cc(CNC(=O)C2(N)CC2)ccc1OCC(F)(F)F. The largest absolute Gasteiger partial charge is 0.493 e. The predicted molar refractivity (Wildman–Crippen MR) is 72.5 cm³/mol. The van der Waals surface area contributed by atoms with Crippen molar-refractivity contribution >= 4 is 5.91 Å². The Morgan fingerprint density at radius 2 is 2.05 bits per heavy atom. The molecule has 0 unspecified atom stereocenters. The minimum Gasteiger partial charge on any atom is -0.493 e. The maximum Gasteiger partial charge on any atom is 0.422 e. The Labute approximate surface area is 125 Å². The zero-order valence-corrected chi connectivity index (χ0v) is 12.0. The van der Waals surface area contributed by atoms with Crippen molar-refractivity contribution < 1.29 is 27.4 Å². The van der Waals surface area contributed by atoms with Crippen LogP contribution in [0.2, 0.25) is 0 Å². The molecular weight excluding hydrogens is 301 g/mol. The summed E-state index contributed by atoms with van der Waals surface area (Å²) >= 11 is 0. The first-order chi connectivity index (χ1) is 10.2. The van der Waals surface area contributed by atoms with Crippen LogP contribution in [-0.2, 0) is 11.3 Å². The number of rotatable bonds is 6. The van der Waals surface area contributed by atoms with Gasteiger partial charge in [-0.2, -0.15) is 13.2 Å². The molecule has 8 heteroatoms. The van der Waals surface area contributed by atoms with E-state index < -0.39 is 18.3 Å². The average molecular weight is 318 g/mol. The summed E-state index contributed by atoms with van der Waals surface area (Å²) in [5.41, 5.74) is 5.66. The number of carbonyl (C=O) groups is 1. The van der Waals surface area contributed by atoms with Crippen molar-refractivity contribution in [2.45, 2.75) is 31.1 Å². The van der Waals surface area contributed by atoms with Crippen molar-refractivity contribution in [2.75, 3.05) is 13.7 Å². The van der Waals surface area contributed by atoms with Crippen LogP contribution in [0.5, 0.6) is 11.5 Å². The minimum absolute atomic E-state index is 0.00705. The van der Waals surface area contributed by atoms with Gasteiger partial charge in [-0.05, 0) is 30.5 Å². The third-order valence-corrected chi connectivity index (χ3v) is 3.31. The number of methoxy groups -OCH3 is 1. The lowest BCUT2D eigenvalue weighted by molar-refractivity contribution is -0.153. The number of alkyl halides is 3. The van der Waals surface area contributed by atoms with E-state index in [9.17, 15) is 18.0 Å². The van der Waals surface area contributed by atoms with E-state index in [2.05, 4.69) is 10.1 Å². The second-order valence-corrected chi connectivity index (χ2v) is 5.23. The monoisotopic (exact) mass is 318 g/mol. The topological polar surface area (TPSA) is 73.6 Å². The maximum atomic E-state index is 12.2. The van der Waals surface area contributed by atoms with Crippen molar-refractivity contribution in [2.24, 2.45) is 5.73 Å². The Hall–Kier alpha value is -1.96. The molecule has 122 valence electrons. The molecule has 1 aromatic rings. The molecule has 0 aromatic heterocycles. The van der Waals surface area contributed by atoms with Crippen LogP contribution < -0.4 is 20.5 Å². The third-order valence-electron chi connectivity index (χ3n) is 3.31. The van der Waals surface area contributed by atoms with E-state index in [1.807, 2.05) is 0 Å². The number of ether oxygens (including phenoxy) is 2. The Kier molecular flexibility index (Phi) is 4.50. The number of carbonyl (C=O) groups excluding carboxylic acids is 1. The van der Waals surface area contributed by atoms with Gasteiger partial charge in [-0.15, -0.1) is 0 Å². The second kappa shape index (κ2) is 6.04. The minimum atomic E-state index is -4.42. The van der Waals surface area contributed by atoms with Gasteiger partial charge in [0.1, 0.15) is 0 Å². The Balaban J connectivity index is 1.97. The summed E-state index contributed by atoms with van der Waals surface area (Å²) in [5, 5.41) is 2.69. The van der Waals surface area contributed by atoms with E-state index >= 15 is 0 Å². The summed E-state index contributed by atoms with van der Waals surface area (Å²) in [4.78, 5) is 11.7. The molecule has 0 atom stereocenters. The highest BCUT2D eigenvalue weighted by Gasteiger charge is 2.45. The lowest BCUT2D eigenvalue weighted by Gasteiger charge is -2.14. The molecular formula is C14H17F3N2O3. The van der Waals surface area contributed by atoms with Crippen molar-refractivity contribution in [3.05, 3.63) is 23.8 Å². The smallest absolute Gasteiger partial charge is 0.422 e. The van der Waals surface area contributed by atoms with E-state index in [0.717, 1.165) is 0 Å². The van der Waals surface area contributed by atoms with Gasteiger partial charge in [-0.3, -0.25) is 4.79 Å². The van der Waals surface area contributed by atoms with Crippen LogP contribution >= 0.6 is 0 Å². The van der Waals surface area contributed by atoms with Gasteiger partial charge in [0.05, 0.1) is 12.6 Å². The lowest BCUT2D eigenvalue weighted by Crippen LogP contribution is -2.42. The molecule has 1 aliphatic rings. The molecule has 0 saturated heterocycles. The molecule has 1 aliphatic carbocycles. The second-order valence-electron chi connectivity index (χ2n) is 5.23. The van der Waals surface area contributed by atoms with Crippen LogP contribution in [0.15, 0.2) is 18.2 Å². The molecule has 1 aromatic carbocycles. The average Bonchev–Trinajstić information content (AvgIpc) is 3.21. The third kappa shape index (κ3) is 4.27. The summed E-state index contributed by atoms with van der Waals surface area (Å²) < 4.78 is 46.2. The van der Waals surface area contributed by atoms with E-state index in [1.54, 1.807) is 6.07 Å². The van der Waals surface area contributed by atoms with E-state index in [4.69, 9.17) is 10.5 Å². The normalized spacial score (nSPS) is 16.0. The van der Waals surface area contributed by atoms with Crippen LogP contribution in [0.4, 0.5) is 13.2 Å². The summed E-state index contributed by atoms with van der Waals surface area (Å²) in [5.74, 6) is -0.0684. The fourth-order valence-electron chi connectivity index (χ4n) is 1.82.